The molecule has 0 aliphatic heterocycles. The Morgan fingerprint density at radius 1 is 1.06 bits per heavy atom. The highest BCUT2D eigenvalue weighted by atomic mass is 16.5. The molecule has 1 fully saturated rings. The van der Waals surface area contributed by atoms with Crippen LogP contribution in [0.4, 0.5) is 0 Å². The van der Waals surface area contributed by atoms with Gasteiger partial charge < -0.3 is 23.7 Å². The van der Waals surface area contributed by atoms with Crippen LogP contribution in [0, 0.1) is 6.92 Å². The van der Waals surface area contributed by atoms with E-state index >= 15 is 0 Å². The van der Waals surface area contributed by atoms with Crippen molar-refractivity contribution in [2.75, 3.05) is 27.3 Å². The van der Waals surface area contributed by atoms with E-state index in [1.807, 2.05) is 44.2 Å². The predicted octanol–water partition coefficient (Wildman–Crippen LogP) is 3.58. The molecule has 0 unspecified atom stereocenters. The van der Waals surface area contributed by atoms with Crippen molar-refractivity contribution in [1.82, 2.24) is 9.80 Å². The summed E-state index contributed by atoms with van der Waals surface area (Å²) >= 11 is 0. The Labute approximate surface area is 183 Å². The van der Waals surface area contributed by atoms with Crippen molar-refractivity contribution >= 4 is 11.8 Å². The first kappa shape index (κ1) is 22.7. The standard InChI is InChI=1S/C24H32N2O5/c1-5-23(27)26(19-8-9-19)16-24(28)25(15-20-10-6-17(2)31-20)13-12-18-7-11-21(29-3)22(14-18)30-4/h6-7,10-11,14,19H,5,8-9,12-13,15-16H2,1-4H3. The van der Waals surface area contributed by atoms with Crippen LogP contribution in [0.25, 0.3) is 0 Å². The number of rotatable bonds is 11. The van der Waals surface area contributed by atoms with Crippen molar-refractivity contribution in [3.63, 3.8) is 0 Å². The van der Waals surface area contributed by atoms with Crippen LogP contribution in [-0.4, -0.2) is 55.0 Å². The van der Waals surface area contributed by atoms with Gasteiger partial charge >= 0.3 is 0 Å². The Hall–Kier alpha value is -2.96. The van der Waals surface area contributed by atoms with Crippen molar-refractivity contribution in [2.45, 2.75) is 52.1 Å². The summed E-state index contributed by atoms with van der Waals surface area (Å²) in [6.45, 7) is 4.71. The Bertz CT molecular complexity index is 903. The van der Waals surface area contributed by atoms with Gasteiger partial charge in [0.1, 0.15) is 18.1 Å². The van der Waals surface area contributed by atoms with Crippen LogP contribution in [0.2, 0.25) is 0 Å². The molecule has 7 heteroatoms. The fourth-order valence-corrected chi connectivity index (χ4v) is 3.61. The van der Waals surface area contributed by atoms with Gasteiger partial charge in [-0.1, -0.05) is 13.0 Å². The molecule has 0 radical (unpaired) electrons. The molecule has 2 aromatic rings. The molecule has 7 nitrogen and oxygen atoms in total. The maximum absolute atomic E-state index is 13.2. The minimum atomic E-state index is -0.0665. The van der Waals surface area contributed by atoms with Gasteiger partial charge in [0.15, 0.2) is 11.5 Å². The number of furan rings is 1. The molecule has 1 aliphatic rings. The molecule has 2 amide bonds. The average molecular weight is 429 g/mol. The third-order valence-electron chi connectivity index (χ3n) is 5.53. The molecule has 1 heterocycles. The van der Waals surface area contributed by atoms with Crippen LogP contribution in [0.5, 0.6) is 11.5 Å². The van der Waals surface area contributed by atoms with E-state index in [1.54, 1.807) is 24.0 Å². The van der Waals surface area contributed by atoms with Crippen molar-refractivity contribution in [1.29, 1.82) is 0 Å². The van der Waals surface area contributed by atoms with E-state index in [9.17, 15) is 9.59 Å². The first-order valence-corrected chi connectivity index (χ1v) is 10.8. The molecule has 168 valence electrons. The lowest BCUT2D eigenvalue weighted by Crippen LogP contribution is -2.44. The van der Waals surface area contributed by atoms with Gasteiger partial charge in [-0.15, -0.1) is 0 Å². The summed E-state index contributed by atoms with van der Waals surface area (Å²) in [5, 5.41) is 0. The highest BCUT2D eigenvalue weighted by Crippen LogP contribution is 2.29. The van der Waals surface area contributed by atoms with Crippen LogP contribution in [0.15, 0.2) is 34.7 Å². The molecule has 0 N–H and O–H groups in total. The van der Waals surface area contributed by atoms with Gasteiger partial charge in [0.05, 0.1) is 20.8 Å². The van der Waals surface area contributed by atoms with E-state index in [4.69, 9.17) is 13.9 Å². The van der Waals surface area contributed by atoms with Crippen LogP contribution in [0.1, 0.15) is 43.3 Å². The third-order valence-corrected chi connectivity index (χ3v) is 5.53. The monoisotopic (exact) mass is 428 g/mol. The molecule has 0 bridgehead atoms. The predicted molar refractivity (Wildman–Crippen MR) is 117 cm³/mol. The second kappa shape index (κ2) is 10.4. The van der Waals surface area contributed by atoms with Crippen LogP contribution in [0.3, 0.4) is 0 Å². The fourth-order valence-electron chi connectivity index (χ4n) is 3.61. The number of benzene rings is 1. The first-order valence-electron chi connectivity index (χ1n) is 10.8. The molecule has 1 aromatic carbocycles. The van der Waals surface area contributed by atoms with E-state index in [2.05, 4.69) is 0 Å². The lowest BCUT2D eigenvalue weighted by molar-refractivity contribution is -0.141. The number of carbonyl (C=O) groups excluding carboxylic acids is 2. The summed E-state index contributed by atoms with van der Waals surface area (Å²) in [4.78, 5) is 29.0. The molecule has 0 saturated heterocycles. The molecule has 31 heavy (non-hydrogen) atoms. The van der Waals surface area contributed by atoms with Crippen LogP contribution >= 0.6 is 0 Å². The SMILES string of the molecule is CCC(=O)N(CC(=O)N(CCc1ccc(OC)c(OC)c1)Cc1ccc(C)o1)C1CC1. The van der Waals surface area contributed by atoms with Crippen molar-refractivity contribution in [3.05, 3.63) is 47.4 Å². The average Bonchev–Trinajstić information content (AvgIpc) is 3.54. The molecule has 1 aromatic heterocycles. The second-order valence-electron chi connectivity index (χ2n) is 7.87. The van der Waals surface area contributed by atoms with Gasteiger partial charge in [-0.3, -0.25) is 9.59 Å². The maximum atomic E-state index is 13.2. The summed E-state index contributed by atoms with van der Waals surface area (Å²) in [6, 6.07) is 9.75. The Kier molecular flexibility index (Phi) is 7.60. The quantitative estimate of drug-likeness (QED) is 0.547. The molecule has 3 rings (SSSR count). The Balaban J connectivity index is 1.72. The number of carbonyl (C=O) groups is 2. The minimum absolute atomic E-state index is 0.0320. The van der Waals surface area contributed by atoms with Crippen molar-refractivity contribution < 1.29 is 23.5 Å². The van der Waals surface area contributed by atoms with Crippen LogP contribution < -0.4 is 9.47 Å². The Morgan fingerprint density at radius 2 is 1.81 bits per heavy atom. The molecular formula is C24H32N2O5. The molecule has 1 aliphatic carbocycles. The highest BCUT2D eigenvalue weighted by Gasteiger charge is 2.34. The number of hydrogen-bond acceptors (Lipinski definition) is 5. The zero-order valence-electron chi connectivity index (χ0n) is 18.8. The third kappa shape index (κ3) is 6.03. The first-order chi connectivity index (χ1) is 14.9. The number of aryl methyl sites for hydroxylation is 1. The zero-order chi connectivity index (χ0) is 22.4. The lowest BCUT2D eigenvalue weighted by atomic mass is 10.1. The number of ether oxygens (including phenoxy) is 2. The van der Waals surface area contributed by atoms with Gasteiger partial charge in [0.2, 0.25) is 11.8 Å². The summed E-state index contributed by atoms with van der Waals surface area (Å²) in [7, 11) is 3.21. The number of amides is 2. The summed E-state index contributed by atoms with van der Waals surface area (Å²) in [5.74, 6) is 2.84. The highest BCUT2D eigenvalue weighted by molar-refractivity contribution is 5.85. The Morgan fingerprint density at radius 3 is 2.39 bits per heavy atom. The smallest absolute Gasteiger partial charge is 0.242 e. The van der Waals surface area contributed by atoms with Gasteiger partial charge in [0.25, 0.3) is 0 Å². The topological polar surface area (TPSA) is 72.2 Å². The van der Waals surface area contributed by atoms with E-state index in [-0.39, 0.29) is 24.4 Å². The zero-order valence-corrected chi connectivity index (χ0v) is 18.8. The summed E-state index contributed by atoms with van der Waals surface area (Å²) < 4.78 is 16.4. The van der Waals surface area contributed by atoms with Crippen molar-refractivity contribution in [2.24, 2.45) is 0 Å². The number of nitrogens with zero attached hydrogens (tertiary/aromatic N) is 2. The molecule has 0 spiro atoms. The van der Waals surface area contributed by atoms with Crippen molar-refractivity contribution in [3.8, 4) is 11.5 Å². The molecule has 1 saturated carbocycles. The van der Waals surface area contributed by atoms with E-state index < -0.39 is 0 Å². The van der Waals surface area contributed by atoms with Gasteiger partial charge in [-0.05, 0) is 56.0 Å². The largest absolute Gasteiger partial charge is 0.493 e. The second-order valence-corrected chi connectivity index (χ2v) is 7.87. The minimum Gasteiger partial charge on any atom is -0.493 e. The maximum Gasteiger partial charge on any atom is 0.242 e. The van der Waals surface area contributed by atoms with Gasteiger partial charge in [-0.25, -0.2) is 0 Å². The molecule has 0 atom stereocenters. The van der Waals surface area contributed by atoms with Gasteiger partial charge in [-0.2, -0.15) is 0 Å². The van der Waals surface area contributed by atoms with E-state index in [1.165, 1.54) is 0 Å². The fraction of sp³-hybridized carbons (Fsp3) is 0.500. The van der Waals surface area contributed by atoms with Crippen LogP contribution in [-0.2, 0) is 22.6 Å². The van der Waals surface area contributed by atoms with E-state index in [0.717, 1.165) is 29.9 Å². The lowest BCUT2D eigenvalue weighted by Gasteiger charge is -2.27. The normalized spacial score (nSPS) is 13.0. The summed E-state index contributed by atoms with van der Waals surface area (Å²) in [5.41, 5.74) is 1.04. The number of hydrogen-bond donors (Lipinski definition) is 0. The van der Waals surface area contributed by atoms with Gasteiger partial charge in [0, 0.05) is 19.0 Å². The number of methoxy groups -OCH3 is 2. The molecular weight excluding hydrogens is 396 g/mol. The van der Waals surface area contributed by atoms with E-state index in [0.29, 0.717) is 37.4 Å². The summed E-state index contributed by atoms with van der Waals surface area (Å²) in [6.07, 6.45) is 3.01.